The van der Waals surface area contributed by atoms with E-state index in [4.69, 9.17) is 0 Å². The highest BCUT2D eigenvalue weighted by Gasteiger charge is 2.25. The standard InChI is InChI=1S/C21H34N2O2/c1-2-3-8-11-19-13-14-20(21(16-19)23-18-25)12-9-6-4-5-7-10-15-22-17-24/h13-14,19-21H,2-12,15-16H2,1H3. The molecular weight excluding hydrogens is 312 g/mol. The molecule has 3 unspecified atom stereocenters. The molecule has 0 radical (unpaired) electrons. The maximum absolute atomic E-state index is 10.8. The minimum absolute atomic E-state index is 0.135. The van der Waals surface area contributed by atoms with Crippen LogP contribution in [0.2, 0.25) is 0 Å². The van der Waals surface area contributed by atoms with Crippen LogP contribution in [-0.2, 0) is 9.59 Å². The van der Waals surface area contributed by atoms with Crippen molar-refractivity contribution < 1.29 is 9.59 Å². The molecule has 0 aliphatic heterocycles. The largest absolute Gasteiger partial charge is 0.235 e. The topological polar surface area (TPSA) is 58.9 Å². The summed E-state index contributed by atoms with van der Waals surface area (Å²) in [4.78, 5) is 28.4. The van der Waals surface area contributed by atoms with Gasteiger partial charge in [0.2, 0.25) is 12.2 Å². The molecule has 1 aliphatic carbocycles. The van der Waals surface area contributed by atoms with Crippen LogP contribution in [0.4, 0.5) is 0 Å². The molecule has 0 fully saturated rings. The summed E-state index contributed by atoms with van der Waals surface area (Å²) in [7, 11) is 0. The van der Waals surface area contributed by atoms with Crippen molar-refractivity contribution in [3.8, 4) is 0 Å². The maximum atomic E-state index is 10.8. The monoisotopic (exact) mass is 346 g/mol. The lowest BCUT2D eigenvalue weighted by Gasteiger charge is -2.28. The van der Waals surface area contributed by atoms with Crippen LogP contribution in [0.5, 0.6) is 0 Å². The van der Waals surface area contributed by atoms with Crippen LogP contribution >= 0.6 is 0 Å². The first kappa shape index (κ1) is 21.5. The number of aliphatic imine (C=N–C) groups is 2. The third kappa shape index (κ3) is 10.2. The van der Waals surface area contributed by atoms with E-state index in [1.165, 1.54) is 51.4 Å². The lowest BCUT2D eigenvalue weighted by Crippen LogP contribution is -2.24. The molecule has 0 aromatic carbocycles. The van der Waals surface area contributed by atoms with Crippen molar-refractivity contribution in [3.63, 3.8) is 0 Å². The number of allylic oxidation sites excluding steroid dienone is 1. The Morgan fingerprint density at radius 3 is 2.32 bits per heavy atom. The van der Waals surface area contributed by atoms with E-state index in [9.17, 15) is 9.59 Å². The molecule has 0 aromatic heterocycles. The number of unbranched alkanes of at least 4 members (excludes halogenated alkanes) is 7. The maximum Gasteiger partial charge on any atom is 0.235 e. The summed E-state index contributed by atoms with van der Waals surface area (Å²) in [5, 5.41) is 0. The van der Waals surface area contributed by atoms with Gasteiger partial charge in [-0.1, -0.05) is 70.4 Å². The molecule has 3 atom stereocenters. The molecular formula is C21H34N2O2. The second kappa shape index (κ2) is 14.8. The average molecular weight is 347 g/mol. The van der Waals surface area contributed by atoms with Gasteiger partial charge in [-0.15, -0.1) is 0 Å². The van der Waals surface area contributed by atoms with E-state index in [0.717, 1.165) is 25.7 Å². The summed E-state index contributed by atoms with van der Waals surface area (Å²) in [5.41, 5.74) is 0. The zero-order valence-corrected chi connectivity index (χ0v) is 15.8. The van der Waals surface area contributed by atoms with Gasteiger partial charge in [-0.3, -0.25) is 0 Å². The van der Waals surface area contributed by atoms with Gasteiger partial charge in [0.15, 0.2) is 0 Å². The van der Waals surface area contributed by atoms with Crippen molar-refractivity contribution >= 4 is 12.2 Å². The highest BCUT2D eigenvalue weighted by Crippen LogP contribution is 2.31. The summed E-state index contributed by atoms with van der Waals surface area (Å²) < 4.78 is 0. The zero-order chi connectivity index (χ0) is 18.2. The number of hydrogen-bond donors (Lipinski definition) is 0. The van der Waals surface area contributed by atoms with Crippen LogP contribution in [0, 0.1) is 11.8 Å². The van der Waals surface area contributed by atoms with Gasteiger partial charge in [0.05, 0.1) is 12.6 Å². The van der Waals surface area contributed by atoms with Crippen LogP contribution in [0.1, 0.15) is 84.0 Å². The Morgan fingerprint density at radius 2 is 1.60 bits per heavy atom. The predicted octanol–water partition coefficient (Wildman–Crippen LogP) is 5.53. The lowest BCUT2D eigenvalue weighted by atomic mass is 9.80. The van der Waals surface area contributed by atoms with Crippen LogP contribution in [-0.4, -0.2) is 24.7 Å². The molecule has 0 aromatic rings. The van der Waals surface area contributed by atoms with E-state index in [1.54, 1.807) is 12.2 Å². The fraction of sp³-hybridized carbons (Fsp3) is 0.810. The first-order valence-electron chi connectivity index (χ1n) is 10.1. The van der Waals surface area contributed by atoms with Crippen LogP contribution in [0.25, 0.3) is 0 Å². The Labute approximate surface area is 152 Å². The Hall–Kier alpha value is -1.50. The van der Waals surface area contributed by atoms with E-state index in [2.05, 4.69) is 29.1 Å². The van der Waals surface area contributed by atoms with E-state index in [0.29, 0.717) is 18.4 Å². The normalized spacial score (nSPS) is 22.2. The van der Waals surface area contributed by atoms with Gasteiger partial charge in [-0.25, -0.2) is 19.6 Å². The van der Waals surface area contributed by atoms with E-state index in [-0.39, 0.29) is 6.04 Å². The quantitative estimate of drug-likeness (QED) is 0.180. The smallest absolute Gasteiger partial charge is 0.211 e. The summed E-state index contributed by atoms with van der Waals surface area (Å²) in [6.45, 7) is 2.84. The summed E-state index contributed by atoms with van der Waals surface area (Å²) in [6, 6.07) is 0.135. The zero-order valence-electron chi connectivity index (χ0n) is 15.8. The van der Waals surface area contributed by atoms with E-state index >= 15 is 0 Å². The van der Waals surface area contributed by atoms with Gasteiger partial charge >= 0.3 is 0 Å². The molecule has 0 spiro atoms. The highest BCUT2D eigenvalue weighted by atomic mass is 16.1. The van der Waals surface area contributed by atoms with Crippen molar-refractivity contribution in [1.82, 2.24) is 0 Å². The van der Waals surface area contributed by atoms with Gasteiger partial charge in [-0.05, 0) is 31.6 Å². The van der Waals surface area contributed by atoms with Crippen molar-refractivity contribution in [2.45, 2.75) is 90.0 Å². The van der Waals surface area contributed by atoms with Crippen molar-refractivity contribution in [2.24, 2.45) is 21.8 Å². The molecule has 4 heteroatoms. The minimum atomic E-state index is 0.135. The Balaban J connectivity index is 2.23. The molecule has 0 N–H and O–H groups in total. The van der Waals surface area contributed by atoms with Crippen molar-refractivity contribution in [2.75, 3.05) is 6.54 Å². The number of carbonyl (C=O) groups excluding carboxylic acids is 2. The summed E-state index contributed by atoms with van der Waals surface area (Å²) >= 11 is 0. The molecule has 0 saturated carbocycles. The van der Waals surface area contributed by atoms with E-state index < -0.39 is 0 Å². The van der Waals surface area contributed by atoms with Gasteiger partial charge in [-0.2, -0.15) is 0 Å². The second-order valence-corrected chi connectivity index (χ2v) is 7.21. The van der Waals surface area contributed by atoms with Gasteiger partial charge < -0.3 is 0 Å². The average Bonchev–Trinajstić information content (AvgIpc) is 2.62. The van der Waals surface area contributed by atoms with Gasteiger partial charge in [0.25, 0.3) is 0 Å². The fourth-order valence-electron chi connectivity index (χ4n) is 3.69. The van der Waals surface area contributed by atoms with Crippen molar-refractivity contribution in [1.29, 1.82) is 0 Å². The van der Waals surface area contributed by atoms with Crippen LogP contribution in [0.3, 0.4) is 0 Å². The second-order valence-electron chi connectivity index (χ2n) is 7.21. The summed E-state index contributed by atoms with van der Waals surface area (Å²) in [6.07, 6.45) is 22.1. The molecule has 25 heavy (non-hydrogen) atoms. The van der Waals surface area contributed by atoms with Gasteiger partial charge in [0, 0.05) is 5.92 Å². The fourth-order valence-corrected chi connectivity index (χ4v) is 3.69. The SMILES string of the molecule is CCCCCC1C=CC(CCCCCCCCN=C=O)C(N=C=O)C1. The van der Waals surface area contributed by atoms with Crippen LogP contribution in [0.15, 0.2) is 22.1 Å². The number of rotatable bonds is 14. The van der Waals surface area contributed by atoms with Crippen LogP contribution < -0.4 is 0 Å². The Morgan fingerprint density at radius 1 is 0.880 bits per heavy atom. The molecule has 4 nitrogen and oxygen atoms in total. The first-order valence-corrected chi connectivity index (χ1v) is 10.1. The van der Waals surface area contributed by atoms with Crippen molar-refractivity contribution in [3.05, 3.63) is 12.2 Å². The third-order valence-corrected chi connectivity index (χ3v) is 5.19. The van der Waals surface area contributed by atoms with E-state index in [1.807, 2.05) is 0 Å². The predicted molar refractivity (Wildman–Crippen MR) is 102 cm³/mol. The number of isocyanates is 2. The Bertz CT molecular complexity index is 463. The number of nitrogens with zero attached hydrogens (tertiary/aromatic N) is 2. The first-order chi connectivity index (χ1) is 12.3. The highest BCUT2D eigenvalue weighted by molar-refractivity contribution is 5.34. The molecule has 0 amide bonds. The lowest BCUT2D eigenvalue weighted by molar-refractivity contribution is 0.351. The minimum Gasteiger partial charge on any atom is -0.211 e. The van der Waals surface area contributed by atoms with Gasteiger partial charge in [0.1, 0.15) is 0 Å². The number of hydrogen-bond acceptors (Lipinski definition) is 4. The third-order valence-electron chi connectivity index (χ3n) is 5.19. The molecule has 0 heterocycles. The molecule has 0 bridgehead atoms. The molecule has 140 valence electrons. The summed E-state index contributed by atoms with van der Waals surface area (Å²) in [5.74, 6) is 0.990. The molecule has 0 saturated heterocycles. The Kier molecular flexibility index (Phi) is 12.8. The molecule has 1 aliphatic rings. The molecule has 1 rings (SSSR count).